The predicted octanol–water partition coefficient (Wildman–Crippen LogP) is 3.39. The van der Waals surface area contributed by atoms with E-state index in [0.29, 0.717) is 17.1 Å². The number of non-ortho nitro benzene ring substituents is 1. The van der Waals surface area contributed by atoms with Gasteiger partial charge in [0.1, 0.15) is 11.5 Å². The summed E-state index contributed by atoms with van der Waals surface area (Å²) >= 11 is 0. The van der Waals surface area contributed by atoms with Gasteiger partial charge in [0.05, 0.1) is 23.0 Å². The highest BCUT2D eigenvalue weighted by molar-refractivity contribution is 6.07. The molecule has 1 spiro atoms. The summed E-state index contributed by atoms with van der Waals surface area (Å²) in [7, 11) is 0. The van der Waals surface area contributed by atoms with Crippen LogP contribution in [0.3, 0.4) is 0 Å². The summed E-state index contributed by atoms with van der Waals surface area (Å²) in [5.41, 5.74) is 0.845. The van der Waals surface area contributed by atoms with E-state index < -0.39 is 4.92 Å². The Morgan fingerprint density at radius 2 is 1.67 bits per heavy atom. The van der Waals surface area contributed by atoms with E-state index in [-0.39, 0.29) is 46.6 Å². The lowest BCUT2D eigenvalue weighted by Crippen LogP contribution is -2.30. The highest BCUT2D eigenvalue weighted by atomic mass is 16.6. The molecular weight excluding hydrogens is 386 g/mol. The Morgan fingerprint density at radius 1 is 1.03 bits per heavy atom. The van der Waals surface area contributed by atoms with Crippen LogP contribution in [0.1, 0.15) is 18.6 Å². The molecule has 1 aliphatic heterocycles. The van der Waals surface area contributed by atoms with Crippen molar-refractivity contribution in [2.75, 3.05) is 0 Å². The number of hydrazone groups is 1. The average Bonchev–Trinajstić information content (AvgIpc) is 3.03. The normalized spacial score (nSPS) is 30.1. The van der Waals surface area contributed by atoms with Crippen molar-refractivity contribution < 1.29 is 18.9 Å². The van der Waals surface area contributed by atoms with E-state index in [1.54, 1.807) is 24.3 Å². The lowest BCUT2D eigenvalue weighted by molar-refractivity contribution is -0.384. The Kier molecular flexibility index (Phi) is 3.32. The molecule has 1 aromatic carbocycles. The molecule has 2 bridgehead atoms. The minimum Gasteiger partial charge on any atom is -0.455 e. The third-order valence-electron chi connectivity index (χ3n) is 7.12. The Hall–Kier alpha value is -3.55. The van der Waals surface area contributed by atoms with E-state index in [1.165, 1.54) is 18.3 Å². The first-order chi connectivity index (χ1) is 14.5. The quantitative estimate of drug-likeness (QED) is 0.256. The maximum absolute atomic E-state index is 12.9. The number of allylic oxidation sites excluding steroid dienone is 2. The molecule has 6 rings (SSSR count). The monoisotopic (exact) mass is 403 g/mol. The van der Waals surface area contributed by atoms with Crippen molar-refractivity contribution in [1.82, 2.24) is 5.01 Å². The number of nitro benzene ring substituents is 1. The molecule has 1 aromatic heterocycles. The Labute approximate surface area is 171 Å². The Balaban J connectivity index is 1.21. The number of nitrogens with zero attached hydrogens (tertiary/aromatic N) is 3. The molecule has 0 radical (unpaired) electrons. The van der Waals surface area contributed by atoms with E-state index in [2.05, 4.69) is 17.3 Å². The van der Waals surface area contributed by atoms with Crippen LogP contribution in [0.2, 0.25) is 0 Å². The van der Waals surface area contributed by atoms with E-state index >= 15 is 0 Å². The SMILES string of the molecule is O=C1[C@@H]2[C@H](C(=O)N1/N=C\c1ccc(-c3ccc([N+](=O)[O-])cc3)o1)[C@@H]1C=C[C@H]2C12CC2. The average molecular weight is 403 g/mol. The molecule has 4 aliphatic rings. The van der Waals surface area contributed by atoms with Gasteiger partial charge in [-0.3, -0.25) is 19.7 Å². The van der Waals surface area contributed by atoms with Crippen LogP contribution in [-0.4, -0.2) is 28.0 Å². The van der Waals surface area contributed by atoms with Gasteiger partial charge < -0.3 is 4.42 Å². The number of amides is 2. The van der Waals surface area contributed by atoms with Gasteiger partial charge in [-0.05, 0) is 54.4 Å². The molecule has 8 heteroatoms. The van der Waals surface area contributed by atoms with Crippen LogP contribution in [0.15, 0.2) is 58.1 Å². The fourth-order valence-corrected chi connectivity index (χ4v) is 5.62. The summed E-state index contributed by atoms with van der Waals surface area (Å²) in [6.45, 7) is 0. The fourth-order valence-electron chi connectivity index (χ4n) is 5.62. The van der Waals surface area contributed by atoms with Crippen LogP contribution in [0.4, 0.5) is 5.69 Å². The van der Waals surface area contributed by atoms with Gasteiger partial charge in [0, 0.05) is 17.7 Å². The van der Waals surface area contributed by atoms with Gasteiger partial charge in [-0.25, -0.2) is 0 Å². The van der Waals surface area contributed by atoms with Crippen LogP contribution in [0.25, 0.3) is 11.3 Å². The topological polar surface area (TPSA) is 106 Å². The number of hydrogen-bond acceptors (Lipinski definition) is 6. The number of rotatable bonds is 4. The van der Waals surface area contributed by atoms with E-state index in [0.717, 1.165) is 17.9 Å². The zero-order valence-electron chi connectivity index (χ0n) is 15.8. The summed E-state index contributed by atoms with van der Waals surface area (Å²) in [4.78, 5) is 36.1. The van der Waals surface area contributed by atoms with Crippen LogP contribution >= 0.6 is 0 Å². The molecule has 0 unspecified atom stereocenters. The van der Waals surface area contributed by atoms with Crippen molar-refractivity contribution in [3.05, 3.63) is 64.4 Å². The number of carbonyl (C=O) groups is 2. The number of imide groups is 1. The summed E-state index contributed by atoms with van der Waals surface area (Å²) in [6, 6.07) is 9.40. The van der Waals surface area contributed by atoms with E-state index in [4.69, 9.17) is 4.42 Å². The molecule has 2 heterocycles. The van der Waals surface area contributed by atoms with Crippen molar-refractivity contribution in [2.45, 2.75) is 12.8 Å². The van der Waals surface area contributed by atoms with E-state index in [9.17, 15) is 19.7 Å². The molecule has 30 heavy (non-hydrogen) atoms. The van der Waals surface area contributed by atoms with Gasteiger partial charge in [-0.1, -0.05) is 12.2 Å². The maximum Gasteiger partial charge on any atom is 0.269 e. The van der Waals surface area contributed by atoms with Crippen molar-refractivity contribution in [2.24, 2.45) is 34.2 Å². The zero-order chi connectivity index (χ0) is 20.6. The van der Waals surface area contributed by atoms with Gasteiger partial charge in [0.25, 0.3) is 17.5 Å². The first-order valence-electron chi connectivity index (χ1n) is 9.94. The summed E-state index contributed by atoms with van der Waals surface area (Å²) in [6.07, 6.45) is 7.82. The van der Waals surface area contributed by atoms with Crippen LogP contribution < -0.4 is 0 Å². The minimum absolute atomic E-state index is 0.000123. The van der Waals surface area contributed by atoms with Gasteiger partial charge in [-0.2, -0.15) is 10.1 Å². The molecule has 2 aromatic rings. The van der Waals surface area contributed by atoms with Gasteiger partial charge in [0.15, 0.2) is 0 Å². The molecule has 2 amide bonds. The Morgan fingerprint density at radius 3 is 2.23 bits per heavy atom. The minimum atomic E-state index is -0.462. The molecule has 8 nitrogen and oxygen atoms in total. The van der Waals surface area contributed by atoms with Gasteiger partial charge in [0.2, 0.25) is 0 Å². The number of furan rings is 1. The molecule has 0 N–H and O–H groups in total. The summed E-state index contributed by atoms with van der Waals surface area (Å²) in [5, 5.41) is 15.9. The van der Waals surface area contributed by atoms with Gasteiger partial charge in [-0.15, -0.1) is 0 Å². The van der Waals surface area contributed by atoms with Crippen LogP contribution in [0, 0.1) is 39.2 Å². The molecule has 150 valence electrons. The van der Waals surface area contributed by atoms with Gasteiger partial charge >= 0.3 is 0 Å². The third-order valence-corrected chi connectivity index (χ3v) is 7.12. The second-order valence-electron chi connectivity index (χ2n) is 8.46. The second kappa shape index (κ2) is 5.75. The van der Waals surface area contributed by atoms with Crippen molar-refractivity contribution in [1.29, 1.82) is 0 Å². The fraction of sp³-hybridized carbons (Fsp3) is 0.318. The largest absolute Gasteiger partial charge is 0.455 e. The first kappa shape index (κ1) is 17.3. The van der Waals surface area contributed by atoms with Crippen molar-refractivity contribution >= 4 is 23.7 Å². The summed E-state index contributed by atoms with van der Waals surface area (Å²) < 4.78 is 5.71. The molecule has 3 aliphatic carbocycles. The lowest BCUT2D eigenvalue weighted by atomic mass is 9.85. The number of nitro groups is 1. The highest BCUT2D eigenvalue weighted by Crippen LogP contribution is 2.73. The summed E-state index contributed by atoms with van der Waals surface area (Å²) in [5.74, 6) is 0.251. The van der Waals surface area contributed by atoms with Crippen molar-refractivity contribution in [3.8, 4) is 11.3 Å². The molecule has 2 saturated carbocycles. The Bertz CT molecular complexity index is 1120. The zero-order valence-corrected chi connectivity index (χ0v) is 15.8. The first-order valence-corrected chi connectivity index (χ1v) is 9.94. The third kappa shape index (κ3) is 2.18. The number of fused-ring (bicyclic) bond motifs is 3. The van der Waals surface area contributed by atoms with E-state index in [1.807, 2.05) is 0 Å². The number of carbonyl (C=O) groups excluding carboxylic acids is 2. The molecule has 4 atom stereocenters. The number of benzene rings is 1. The van der Waals surface area contributed by atoms with Crippen molar-refractivity contribution in [3.63, 3.8) is 0 Å². The second-order valence-corrected chi connectivity index (χ2v) is 8.46. The predicted molar refractivity (Wildman–Crippen MR) is 105 cm³/mol. The maximum atomic E-state index is 12.9. The van der Waals surface area contributed by atoms with Crippen LogP contribution in [-0.2, 0) is 9.59 Å². The molecule has 3 fully saturated rings. The standard InChI is InChI=1S/C22H17N3O5/c26-20-18-15-6-7-16(22(15)9-10-22)19(18)21(27)24(20)23-11-14-5-8-17(30-14)12-1-3-13(4-2-12)25(28)29/h1-8,11,15-16,18-19H,9-10H2/b23-11-/t15-,16+,18+,19-. The molecule has 1 saturated heterocycles. The highest BCUT2D eigenvalue weighted by Gasteiger charge is 2.73. The smallest absolute Gasteiger partial charge is 0.269 e. The molecular formula is C22H17N3O5. The van der Waals surface area contributed by atoms with Crippen LogP contribution in [0.5, 0.6) is 0 Å². The number of hydrogen-bond donors (Lipinski definition) is 0. The lowest BCUT2D eigenvalue weighted by Gasteiger charge is -2.18.